The fraction of sp³-hybridized carbons (Fsp3) is 0.939. The van der Waals surface area contributed by atoms with Crippen molar-refractivity contribution in [2.24, 2.45) is 10.7 Å². The van der Waals surface area contributed by atoms with Gasteiger partial charge in [0, 0.05) is 33.8 Å². The lowest BCUT2D eigenvalue weighted by Gasteiger charge is -2.24. The predicted molar refractivity (Wildman–Crippen MR) is 181 cm³/mol. The molecule has 0 aromatic rings. The Morgan fingerprint density at radius 2 is 1.12 bits per heavy atom. The highest BCUT2D eigenvalue weighted by atomic mass is 31.2. The van der Waals surface area contributed by atoms with Crippen molar-refractivity contribution in [1.82, 2.24) is 9.80 Å². The zero-order valence-corrected chi connectivity index (χ0v) is 28.8. The second-order valence-corrected chi connectivity index (χ2v) is 13.6. The second-order valence-electron chi connectivity index (χ2n) is 11.3. The molecule has 0 radical (unpaired) electrons. The Labute approximate surface area is 251 Å². The minimum absolute atomic E-state index is 0.888. The summed E-state index contributed by atoms with van der Waals surface area (Å²) in [5, 5.41) is 0. The summed E-state index contributed by atoms with van der Waals surface area (Å²) in [4.78, 5) is 4.57. The van der Waals surface area contributed by atoms with Crippen LogP contribution in [0.4, 0.5) is 0 Å². The van der Waals surface area contributed by atoms with Crippen molar-refractivity contribution in [2.45, 2.75) is 169 Å². The first-order chi connectivity index (χ1) is 19.6. The van der Waals surface area contributed by atoms with Gasteiger partial charge in [-0.3, -0.25) is 0 Å². The van der Waals surface area contributed by atoms with Crippen LogP contribution in [-0.2, 0) is 9.15 Å². The van der Waals surface area contributed by atoms with E-state index in [1.807, 2.05) is 19.6 Å². The lowest BCUT2D eigenvalue weighted by atomic mass is 10.0. The molecule has 0 aromatic heterocycles. The van der Waals surface area contributed by atoms with Crippen LogP contribution in [0, 0.1) is 0 Å². The number of rotatable bonds is 26. The SMILES string of the molecule is CC.CCCC=P(/N=C1\N(C)CCN1CCCCCCCCCCCCCCCCCCCCCC)(OC)ON. The van der Waals surface area contributed by atoms with Crippen molar-refractivity contribution in [3.63, 3.8) is 0 Å². The first-order valence-corrected chi connectivity index (χ1v) is 19.0. The van der Waals surface area contributed by atoms with Crippen molar-refractivity contribution in [3.05, 3.63) is 0 Å². The maximum Gasteiger partial charge on any atom is 0.256 e. The summed E-state index contributed by atoms with van der Waals surface area (Å²) >= 11 is 0. The van der Waals surface area contributed by atoms with Crippen LogP contribution in [-0.4, -0.2) is 55.3 Å². The van der Waals surface area contributed by atoms with Gasteiger partial charge in [-0.15, -0.1) is 0 Å². The van der Waals surface area contributed by atoms with Gasteiger partial charge in [0.05, 0.1) is 0 Å². The molecule has 1 aliphatic heterocycles. The number of hydrogen-bond donors (Lipinski definition) is 1. The van der Waals surface area contributed by atoms with Crippen LogP contribution in [0.2, 0.25) is 0 Å². The highest BCUT2D eigenvalue weighted by Crippen LogP contribution is 2.49. The Morgan fingerprint density at radius 1 is 0.700 bits per heavy atom. The molecule has 1 saturated heterocycles. The van der Waals surface area contributed by atoms with Crippen LogP contribution >= 0.6 is 7.49 Å². The number of guanidine groups is 1. The van der Waals surface area contributed by atoms with E-state index in [4.69, 9.17) is 19.8 Å². The molecule has 1 unspecified atom stereocenters. The quantitative estimate of drug-likeness (QED) is 0.0620. The van der Waals surface area contributed by atoms with E-state index >= 15 is 0 Å². The van der Waals surface area contributed by atoms with Gasteiger partial charge in [0.15, 0.2) is 0 Å². The molecule has 6 nitrogen and oxygen atoms in total. The molecule has 240 valence electrons. The fourth-order valence-corrected chi connectivity index (χ4v) is 6.95. The second kappa shape index (κ2) is 28.6. The van der Waals surface area contributed by atoms with Crippen LogP contribution in [0.3, 0.4) is 0 Å². The van der Waals surface area contributed by atoms with E-state index in [1.165, 1.54) is 128 Å². The average molecular weight is 587 g/mol. The summed E-state index contributed by atoms with van der Waals surface area (Å²) in [5.41, 5.74) is 0. The molecule has 1 rings (SSSR count). The molecular weight excluding hydrogens is 515 g/mol. The van der Waals surface area contributed by atoms with Crippen molar-refractivity contribution in [1.29, 1.82) is 0 Å². The fourth-order valence-electron chi connectivity index (χ4n) is 5.30. The highest BCUT2D eigenvalue weighted by molar-refractivity contribution is 7.64. The van der Waals surface area contributed by atoms with Crippen molar-refractivity contribution >= 4 is 19.2 Å². The Hall–Kier alpha value is -0.550. The average Bonchev–Trinajstić information content (AvgIpc) is 3.33. The number of likely N-dealkylation sites (N-methyl/N-ethyl adjacent to an activating group) is 1. The minimum atomic E-state index is -2.52. The van der Waals surface area contributed by atoms with Crippen LogP contribution in [0.5, 0.6) is 0 Å². The molecule has 40 heavy (non-hydrogen) atoms. The number of nitrogens with two attached hydrogens (primary N) is 1. The Bertz CT molecular complexity index is 622. The molecule has 0 amide bonds. The Balaban J connectivity index is 0.00000742. The van der Waals surface area contributed by atoms with E-state index < -0.39 is 7.49 Å². The van der Waals surface area contributed by atoms with E-state index in [2.05, 4.69) is 30.7 Å². The van der Waals surface area contributed by atoms with E-state index in [9.17, 15) is 0 Å². The summed E-state index contributed by atoms with van der Waals surface area (Å²) in [6, 6.07) is 0. The molecule has 0 spiro atoms. The normalized spacial score (nSPS) is 15.8. The number of hydrogen-bond acceptors (Lipinski definition) is 4. The summed E-state index contributed by atoms with van der Waals surface area (Å²) in [6.45, 7) is 11.5. The molecule has 7 heteroatoms. The highest BCUT2D eigenvalue weighted by Gasteiger charge is 2.27. The number of nitrogens with zero attached hydrogens (tertiary/aromatic N) is 3. The van der Waals surface area contributed by atoms with Crippen LogP contribution in [0.1, 0.15) is 169 Å². The molecule has 0 bridgehead atoms. The van der Waals surface area contributed by atoms with Gasteiger partial charge in [-0.1, -0.05) is 156 Å². The van der Waals surface area contributed by atoms with Crippen LogP contribution < -0.4 is 5.90 Å². The number of unbranched alkanes of at least 4 members (excludes halogenated alkanes) is 20. The van der Waals surface area contributed by atoms with Crippen molar-refractivity contribution < 1.29 is 9.15 Å². The monoisotopic (exact) mass is 587 g/mol. The topological polar surface area (TPSA) is 63.3 Å². The summed E-state index contributed by atoms with van der Waals surface area (Å²) in [6.07, 6.45) is 30.2. The smallest absolute Gasteiger partial charge is 0.256 e. The van der Waals surface area contributed by atoms with Gasteiger partial charge in [-0.05, 0) is 18.6 Å². The van der Waals surface area contributed by atoms with Gasteiger partial charge < -0.3 is 14.3 Å². The van der Waals surface area contributed by atoms with Crippen LogP contribution in [0.15, 0.2) is 4.76 Å². The molecule has 0 aromatic carbocycles. The lowest BCUT2D eigenvalue weighted by Crippen LogP contribution is -2.32. The van der Waals surface area contributed by atoms with Crippen molar-refractivity contribution in [3.8, 4) is 0 Å². The summed E-state index contributed by atoms with van der Waals surface area (Å²) in [7, 11) is 1.22. The van der Waals surface area contributed by atoms with E-state index in [1.54, 1.807) is 7.11 Å². The largest absolute Gasteiger partial charge is 0.344 e. The first-order valence-electron chi connectivity index (χ1n) is 17.4. The predicted octanol–water partition coefficient (Wildman–Crippen LogP) is 10.3. The maximum atomic E-state index is 5.66. The lowest BCUT2D eigenvalue weighted by molar-refractivity contribution is 0.288. The van der Waals surface area contributed by atoms with Gasteiger partial charge in [0.2, 0.25) is 5.96 Å². The van der Waals surface area contributed by atoms with Gasteiger partial charge in [0.1, 0.15) is 0 Å². The third kappa shape index (κ3) is 19.5. The first kappa shape index (κ1) is 39.5. The zero-order valence-electron chi connectivity index (χ0n) is 27.9. The Morgan fingerprint density at radius 3 is 1.50 bits per heavy atom. The van der Waals surface area contributed by atoms with Gasteiger partial charge in [-0.25, -0.2) is 10.5 Å². The van der Waals surface area contributed by atoms with Crippen molar-refractivity contribution in [2.75, 3.05) is 33.8 Å². The van der Waals surface area contributed by atoms with Gasteiger partial charge in [-0.2, -0.15) is 4.76 Å². The third-order valence-corrected chi connectivity index (χ3v) is 9.90. The maximum absolute atomic E-state index is 5.66. The molecule has 0 saturated carbocycles. The molecule has 1 atom stereocenters. The third-order valence-electron chi connectivity index (χ3n) is 7.90. The Kier molecular flexibility index (Phi) is 28.2. The van der Waals surface area contributed by atoms with Crippen LogP contribution in [0.25, 0.3) is 0 Å². The molecule has 1 aliphatic rings. The van der Waals surface area contributed by atoms with E-state index in [-0.39, 0.29) is 0 Å². The molecular formula is C33H71N4O2P. The molecule has 0 aliphatic carbocycles. The van der Waals surface area contributed by atoms with Gasteiger partial charge in [0.25, 0.3) is 7.49 Å². The summed E-state index contributed by atoms with van der Waals surface area (Å²) in [5.74, 6) is 8.63. The van der Waals surface area contributed by atoms with E-state index in [0.717, 1.165) is 38.4 Å². The minimum Gasteiger partial charge on any atom is -0.344 e. The molecule has 1 heterocycles. The van der Waals surface area contributed by atoms with E-state index in [0.29, 0.717) is 0 Å². The molecule has 1 fully saturated rings. The van der Waals surface area contributed by atoms with Gasteiger partial charge >= 0.3 is 0 Å². The summed E-state index contributed by atoms with van der Waals surface area (Å²) < 4.78 is 15.9. The zero-order chi connectivity index (χ0) is 29.7. The standard InChI is InChI=1S/C31H65N4O2P.C2H6/c1-5-7-9-10-11-12-13-14-15-16-17-18-19-20-21-22-23-24-25-26-27-35-29-28-34(3)31(35)33-38(36-4,37-32)30-8-6-2;1-2/h30H,5-29,32H2,1-4H3;1-2H3/b33-31+;. The molecule has 2 N–H and O–H groups in total.